The average Bonchev–Trinajstić information content (AvgIpc) is 4.03. The zero-order valence-corrected chi connectivity index (χ0v) is 28.2. The number of aliphatic imine (C=N–C) groups is 4. The number of fused-ring (bicyclic) bond motifs is 4. The van der Waals surface area contributed by atoms with Gasteiger partial charge in [0.25, 0.3) is 0 Å². The summed E-state index contributed by atoms with van der Waals surface area (Å²) in [5.41, 5.74) is 14.5. The Balaban J connectivity index is 1.34. The number of ether oxygens (including phenoxy) is 1. The van der Waals surface area contributed by atoms with Gasteiger partial charge in [-0.1, -0.05) is 103 Å². The molecule has 0 amide bonds. The summed E-state index contributed by atoms with van der Waals surface area (Å²) in [4.78, 5) is 33.4. The summed E-state index contributed by atoms with van der Waals surface area (Å²) >= 11 is 0. The number of carbonyl (C=O) groups excluding carboxylic acids is 1. The van der Waals surface area contributed by atoms with Gasteiger partial charge in [-0.25, -0.2) is 24.8 Å². The Morgan fingerprint density at radius 1 is 0.442 bits per heavy atom. The molecule has 5 aliphatic rings. The monoisotopic (exact) mass is 670 g/mol. The highest BCUT2D eigenvalue weighted by atomic mass is 16.5. The third kappa shape index (κ3) is 5.62. The number of carbonyl (C=O) groups is 1. The molecular weight excluding hydrogens is 641 g/mol. The molecule has 0 radical (unpaired) electrons. The Hall–Kier alpha value is -7.05. The first-order chi connectivity index (χ1) is 25.6. The maximum absolute atomic E-state index is 12.4. The fourth-order valence-electron chi connectivity index (χ4n) is 6.92. The van der Waals surface area contributed by atoms with Gasteiger partial charge in [-0.2, -0.15) is 0 Å². The van der Waals surface area contributed by atoms with Crippen LogP contribution in [-0.4, -0.2) is 35.9 Å². The first-order valence-electron chi connectivity index (χ1n) is 17.0. The maximum atomic E-state index is 12.4. The Kier molecular flexibility index (Phi) is 7.75. The van der Waals surface area contributed by atoms with Crippen molar-refractivity contribution in [3.63, 3.8) is 0 Å². The van der Waals surface area contributed by atoms with Crippen molar-refractivity contribution in [2.45, 2.75) is 0 Å². The normalized spacial score (nSPS) is 17.2. The van der Waals surface area contributed by atoms with Gasteiger partial charge in [0.2, 0.25) is 0 Å². The highest BCUT2D eigenvalue weighted by molar-refractivity contribution is 6.39. The third-order valence-corrected chi connectivity index (χ3v) is 9.37. The van der Waals surface area contributed by atoms with Crippen LogP contribution in [0.3, 0.4) is 0 Å². The summed E-state index contributed by atoms with van der Waals surface area (Å²) in [6, 6.07) is 38.2. The molecule has 6 nitrogen and oxygen atoms in total. The summed E-state index contributed by atoms with van der Waals surface area (Å²) in [7, 11) is 1.38. The predicted octanol–water partition coefficient (Wildman–Crippen LogP) is 9.47. The molecule has 5 aliphatic heterocycles. The van der Waals surface area contributed by atoms with Gasteiger partial charge in [-0.05, 0) is 83.0 Å². The van der Waals surface area contributed by atoms with Crippen molar-refractivity contribution >= 4 is 51.1 Å². The molecule has 0 spiro atoms. The standard InChI is InChI=1S/C46H30N4O2/c1-52-46(51)33-19-17-32(18-20-33)45-40-26-25-39(49-40)44(31-15-9-4-10-16-31)38-24-23-37(48-38)43(30-13-7-3-8-14-30)36-22-21-34(47-36)27-41-35(28-42(45)50-41)29-11-5-2-6-12-29/h2-28H,1H3. The molecule has 0 N–H and O–H groups in total. The molecule has 4 aromatic carbocycles. The second-order valence-corrected chi connectivity index (χ2v) is 12.6. The van der Waals surface area contributed by atoms with E-state index in [4.69, 9.17) is 24.7 Å². The molecule has 0 aromatic heterocycles. The first-order valence-corrected chi connectivity index (χ1v) is 17.0. The number of allylic oxidation sites excluding steroid dienone is 12. The summed E-state index contributed by atoms with van der Waals surface area (Å²) in [6.45, 7) is 0. The van der Waals surface area contributed by atoms with Crippen LogP contribution in [0.15, 0.2) is 207 Å². The lowest BCUT2D eigenvalue weighted by Gasteiger charge is -2.11. The quantitative estimate of drug-likeness (QED) is 0.198. The van der Waals surface area contributed by atoms with Gasteiger partial charge >= 0.3 is 5.97 Å². The van der Waals surface area contributed by atoms with E-state index < -0.39 is 5.97 Å². The van der Waals surface area contributed by atoms with E-state index >= 15 is 0 Å². The SMILES string of the molecule is COC(=O)c1ccc(C2=C3C=C(c4ccccc4)C(=N3)C=C3C=CC(=N3)C(c3ccccc3)=C3C=CC(=N3)C(c3ccccc3)=C3C=CC2=N3)cc1. The lowest BCUT2D eigenvalue weighted by molar-refractivity contribution is 0.0600. The van der Waals surface area contributed by atoms with E-state index in [9.17, 15) is 4.79 Å². The molecule has 0 aliphatic carbocycles. The molecule has 9 rings (SSSR count). The van der Waals surface area contributed by atoms with Gasteiger partial charge in [0.05, 0.1) is 58.3 Å². The lowest BCUT2D eigenvalue weighted by atomic mass is 9.96. The second-order valence-electron chi connectivity index (χ2n) is 12.6. The van der Waals surface area contributed by atoms with Crippen LogP contribution in [0.1, 0.15) is 32.6 Å². The zero-order chi connectivity index (χ0) is 35.0. The fourth-order valence-corrected chi connectivity index (χ4v) is 6.92. The molecule has 0 saturated heterocycles. The smallest absolute Gasteiger partial charge is 0.337 e. The van der Waals surface area contributed by atoms with E-state index in [1.54, 1.807) is 12.1 Å². The van der Waals surface area contributed by atoms with Crippen molar-refractivity contribution in [3.8, 4) is 0 Å². The van der Waals surface area contributed by atoms with Gasteiger partial charge in [-0.15, -0.1) is 0 Å². The zero-order valence-electron chi connectivity index (χ0n) is 28.2. The number of methoxy groups -OCH3 is 1. The van der Waals surface area contributed by atoms with Crippen LogP contribution in [0.5, 0.6) is 0 Å². The molecule has 52 heavy (non-hydrogen) atoms. The van der Waals surface area contributed by atoms with Crippen molar-refractivity contribution in [2.24, 2.45) is 20.0 Å². The fraction of sp³-hybridized carbons (Fsp3) is 0.0217. The van der Waals surface area contributed by atoms with Crippen molar-refractivity contribution in [3.05, 3.63) is 214 Å². The Morgan fingerprint density at radius 3 is 1.46 bits per heavy atom. The number of hydrogen-bond donors (Lipinski definition) is 0. The molecule has 0 unspecified atom stereocenters. The van der Waals surface area contributed by atoms with E-state index in [1.165, 1.54) is 7.11 Å². The molecule has 8 bridgehead atoms. The maximum Gasteiger partial charge on any atom is 0.337 e. The third-order valence-electron chi connectivity index (χ3n) is 9.37. The van der Waals surface area contributed by atoms with Crippen LogP contribution in [0, 0.1) is 0 Å². The topological polar surface area (TPSA) is 75.7 Å². The molecule has 5 heterocycles. The first kappa shape index (κ1) is 31.0. The van der Waals surface area contributed by atoms with Gasteiger partial charge in [0.15, 0.2) is 0 Å². The number of hydrogen-bond acceptors (Lipinski definition) is 6. The van der Waals surface area contributed by atoms with Crippen LogP contribution < -0.4 is 0 Å². The highest BCUT2D eigenvalue weighted by Crippen LogP contribution is 2.38. The van der Waals surface area contributed by atoms with Crippen molar-refractivity contribution in [1.82, 2.24) is 0 Å². The minimum Gasteiger partial charge on any atom is -0.465 e. The van der Waals surface area contributed by atoms with Crippen molar-refractivity contribution < 1.29 is 9.53 Å². The number of esters is 1. The number of rotatable bonds is 5. The minimum atomic E-state index is -0.393. The molecule has 0 saturated carbocycles. The van der Waals surface area contributed by atoms with E-state index in [0.717, 1.165) is 90.2 Å². The van der Waals surface area contributed by atoms with Gasteiger partial charge in [0.1, 0.15) is 0 Å². The average molecular weight is 671 g/mol. The van der Waals surface area contributed by atoms with Gasteiger partial charge in [0, 0.05) is 22.3 Å². The summed E-state index contributed by atoms with van der Waals surface area (Å²) in [6.07, 6.45) is 16.5. The lowest BCUT2D eigenvalue weighted by Crippen LogP contribution is -2.04. The highest BCUT2D eigenvalue weighted by Gasteiger charge is 2.27. The van der Waals surface area contributed by atoms with Crippen LogP contribution in [0.2, 0.25) is 0 Å². The van der Waals surface area contributed by atoms with Crippen LogP contribution in [-0.2, 0) is 4.74 Å². The minimum absolute atomic E-state index is 0.393. The Morgan fingerprint density at radius 2 is 0.904 bits per heavy atom. The number of benzene rings is 4. The van der Waals surface area contributed by atoms with Crippen molar-refractivity contribution in [1.29, 1.82) is 0 Å². The van der Waals surface area contributed by atoms with E-state index in [0.29, 0.717) is 5.56 Å². The van der Waals surface area contributed by atoms with Gasteiger partial charge < -0.3 is 4.74 Å². The van der Waals surface area contributed by atoms with Crippen LogP contribution in [0.25, 0.3) is 22.3 Å². The molecule has 0 fully saturated rings. The van der Waals surface area contributed by atoms with Crippen LogP contribution >= 0.6 is 0 Å². The second kappa shape index (κ2) is 13.0. The van der Waals surface area contributed by atoms with E-state index in [1.807, 2.05) is 91.0 Å². The summed E-state index contributed by atoms with van der Waals surface area (Å²) < 4.78 is 4.98. The largest absolute Gasteiger partial charge is 0.465 e. The summed E-state index contributed by atoms with van der Waals surface area (Å²) in [5, 5.41) is 0. The van der Waals surface area contributed by atoms with Crippen LogP contribution in [0.4, 0.5) is 0 Å². The van der Waals surface area contributed by atoms with E-state index in [2.05, 4.69) is 60.7 Å². The number of nitrogens with zero attached hydrogens (tertiary/aromatic N) is 4. The Bertz CT molecular complexity index is 2550. The molecule has 0 atom stereocenters. The molecule has 6 heteroatoms. The predicted molar refractivity (Wildman–Crippen MR) is 211 cm³/mol. The summed E-state index contributed by atoms with van der Waals surface area (Å²) in [5.74, 6) is -0.393. The Labute approximate surface area is 301 Å². The van der Waals surface area contributed by atoms with Gasteiger partial charge in [-0.3, -0.25) is 0 Å². The van der Waals surface area contributed by atoms with Crippen molar-refractivity contribution in [2.75, 3.05) is 7.11 Å². The molecular formula is C46H30N4O2. The van der Waals surface area contributed by atoms with E-state index in [-0.39, 0.29) is 0 Å². The molecule has 246 valence electrons. The molecule has 4 aromatic rings.